The van der Waals surface area contributed by atoms with Crippen LogP contribution in [0.3, 0.4) is 0 Å². The Morgan fingerprint density at radius 3 is 1.72 bits per heavy atom. The molecule has 97 heavy (non-hydrogen) atoms. The number of urea groups is 1. The highest BCUT2D eigenvalue weighted by atomic mass is 16.7. The number of nitrogens with one attached hydrogen (secondary N) is 3. The maximum Gasteiger partial charge on any atom is 0.341 e. The lowest BCUT2D eigenvalue weighted by Crippen LogP contribution is -2.56. The molecule has 0 saturated carbocycles. The molecule has 0 spiro atoms. The first-order valence-electron chi connectivity index (χ1n) is 34.1. The summed E-state index contributed by atoms with van der Waals surface area (Å²) in [5, 5.41) is 9.27. The number of allylic oxidation sites excluding steroid dienone is 5. The van der Waals surface area contributed by atoms with Crippen molar-refractivity contribution < 1.29 is 71.7 Å². The predicted molar refractivity (Wildman–Crippen MR) is 360 cm³/mol. The quantitative estimate of drug-likeness (QED) is 0.0206. The molecule has 25 heteroatoms. The zero-order valence-corrected chi connectivity index (χ0v) is 56.5. The van der Waals surface area contributed by atoms with Crippen molar-refractivity contribution >= 4 is 82.4 Å². The van der Waals surface area contributed by atoms with Crippen LogP contribution in [0.5, 0.6) is 0 Å². The average molecular weight is 1340 g/mol. The fraction of sp³-hybridized carbons (Fsp3) is 0.514. The number of fused-ring (bicyclic) bond motifs is 1. The summed E-state index contributed by atoms with van der Waals surface area (Å²) in [5.74, 6) is -5.05. The Kier molecular flexibility index (Phi) is 25.3. The van der Waals surface area contributed by atoms with Gasteiger partial charge in [-0.05, 0) is 176 Å². The van der Waals surface area contributed by atoms with E-state index >= 15 is 0 Å². The van der Waals surface area contributed by atoms with Crippen LogP contribution in [0, 0.1) is 0 Å². The standard InChI is InChI=1S/C72H92N10O15/c1-6-80-68(90)58(17-9-10-18-62-72(4,5)59-45-53(70(92)97-48-95-50(3)84)22-26-61(59)81(62)44-32-64(86)96-47-94-49(2)83)69(91)82(71(80)93)43-31-63(85)73-33-11-7-8-12-34-74-65(87)51-19-23-54(24-20-51)75-60-46-52(66(88)78-39-27-55(28-40-78)76-35-13-14-36-76)21-25-57(60)67(89)79-41-29-56(30-42-79)77-37-15-16-38-77/h9-10,17-26,45-46,55-56,75H,6-8,11-16,27-44,47-48H2,1-5H3,(H,73,85)(H,74,87)/b10-9+,58-17+,62-18+. The third-order valence-electron chi connectivity index (χ3n) is 19.0. The number of anilines is 3. The molecule has 520 valence electrons. The fourth-order valence-corrected chi connectivity index (χ4v) is 13.6. The van der Waals surface area contributed by atoms with Gasteiger partial charge in [0.05, 0.1) is 23.2 Å². The number of likely N-dealkylation sites (N-methyl/N-ethyl adjacent to an activating group) is 1. The third kappa shape index (κ3) is 18.7. The highest BCUT2D eigenvalue weighted by molar-refractivity contribution is 6.29. The Hall–Kier alpha value is -9.23. The van der Waals surface area contributed by atoms with Crippen LogP contribution in [-0.4, -0.2) is 206 Å². The van der Waals surface area contributed by atoms with E-state index in [0.717, 1.165) is 74.5 Å². The monoisotopic (exact) mass is 1340 g/mol. The van der Waals surface area contributed by atoms with Crippen molar-refractivity contribution in [3.8, 4) is 0 Å². The molecule has 8 amide bonds. The van der Waals surface area contributed by atoms with Gasteiger partial charge in [0.25, 0.3) is 29.5 Å². The minimum atomic E-state index is -0.868. The second kappa shape index (κ2) is 34.1. The number of unbranched alkanes of at least 4 members (excludes halogenated alkanes) is 3. The van der Waals surface area contributed by atoms with Gasteiger partial charge >= 0.3 is 29.9 Å². The lowest BCUT2D eigenvalue weighted by atomic mass is 9.83. The zero-order chi connectivity index (χ0) is 69.2. The number of hydrogen-bond acceptors (Lipinski definition) is 19. The number of carbonyl (C=O) groups is 11. The zero-order valence-electron chi connectivity index (χ0n) is 56.5. The van der Waals surface area contributed by atoms with Crippen LogP contribution in [0.2, 0.25) is 0 Å². The summed E-state index contributed by atoms with van der Waals surface area (Å²) in [6.07, 6.45) is 17.3. The number of imide groups is 2. The van der Waals surface area contributed by atoms with E-state index in [1.54, 1.807) is 73.7 Å². The van der Waals surface area contributed by atoms with Gasteiger partial charge in [0.15, 0.2) is 0 Å². The predicted octanol–water partition coefficient (Wildman–Crippen LogP) is 7.73. The molecule has 0 aromatic heterocycles. The smallest absolute Gasteiger partial charge is 0.341 e. The van der Waals surface area contributed by atoms with Gasteiger partial charge in [0.2, 0.25) is 19.5 Å². The van der Waals surface area contributed by atoms with Gasteiger partial charge in [-0.3, -0.25) is 53.0 Å². The second-order valence-corrected chi connectivity index (χ2v) is 25.8. The fourth-order valence-electron chi connectivity index (χ4n) is 13.6. The molecule has 25 nitrogen and oxygen atoms in total. The van der Waals surface area contributed by atoms with Crippen molar-refractivity contribution in [2.24, 2.45) is 0 Å². The highest BCUT2D eigenvalue weighted by Gasteiger charge is 2.43. The van der Waals surface area contributed by atoms with E-state index in [-0.39, 0.29) is 67.2 Å². The van der Waals surface area contributed by atoms with E-state index in [2.05, 4.69) is 25.8 Å². The van der Waals surface area contributed by atoms with Crippen molar-refractivity contribution in [1.29, 1.82) is 0 Å². The number of piperidine rings is 2. The van der Waals surface area contributed by atoms with E-state index in [1.807, 2.05) is 28.5 Å². The van der Waals surface area contributed by atoms with Crippen LogP contribution in [0.25, 0.3) is 0 Å². The lowest BCUT2D eigenvalue weighted by molar-refractivity contribution is -0.165. The highest BCUT2D eigenvalue weighted by Crippen LogP contribution is 2.48. The van der Waals surface area contributed by atoms with Gasteiger partial charge in [-0.2, -0.15) is 0 Å². The molecule has 0 radical (unpaired) electrons. The van der Waals surface area contributed by atoms with Gasteiger partial charge in [0.1, 0.15) is 5.57 Å². The van der Waals surface area contributed by atoms with Crippen molar-refractivity contribution in [1.82, 2.24) is 40.0 Å². The SMILES string of the molecule is CCN1C(=O)\C(=C/C=C/C=C2/N(CCC(=O)OCOC(C)=O)c3ccc(C(=O)OCOC(C)=O)cc3C2(C)C)C(=O)N(CCC(=O)NCCCCCCNC(=O)c2ccc(Nc3cc(C(=O)N4CCC(N5CCCC5)CC4)ccc3C(=O)N3CCC(N4CCCC4)CC3)cc2)C1=O. The molecule has 3 aromatic carbocycles. The summed E-state index contributed by atoms with van der Waals surface area (Å²) in [5.41, 5.74) is 3.73. The van der Waals surface area contributed by atoms with E-state index in [0.29, 0.717) is 109 Å². The molecule has 9 rings (SSSR count). The van der Waals surface area contributed by atoms with Gasteiger partial charge < -0.3 is 59.4 Å². The Morgan fingerprint density at radius 2 is 1.11 bits per heavy atom. The number of nitrogens with zero attached hydrogens (tertiary/aromatic N) is 7. The topological polar surface area (TPSA) is 283 Å². The van der Waals surface area contributed by atoms with Crippen LogP contribution in [-0.2, 0) is 53.1 Å². The van der Waals surface area contributed by atoms with Crippen molar-refractivity contribution in [3.63, 3.8) is 0 Å². The third-order valence-corrected chi connectivity index (χ3v) is 19.0. The maximum atomic E-state index is 14.3. The maximum absolute atomic E-state index is 14.3. The van der Waals surface area contributed by atoms with Crippen LogP contribution < -0.4 is 20.9 Å². The minimum absolute atomic E-state index is 0.0400. The number of barbiturate groups is 1. The van der Waals surface area contributed by atoms with Crippen LogP contribution >= 0.6 is 0 Å². The Morgan fingerprint density at radius 1 is 0.567 bits per heavy atom. The largest absolute Gasteiger partial charge is 0.428 e. The number of carbonyl (C=O) groups excluding carboxylic acids is 11. The first-order valence-corrected chi connectivity index (χ1v) is 34.1. The summed E-state index contributed by atoms with van der Waals surface area (Å²) in [4.78, 5) is 156. The number of amides is 8. The number of hydrogen-bond donors (Lipinski definition) is 3. The molecule has 3 aromatic rings. The Bertz CT molecular complexity index is 3500. The second-order valence-electron chi connectivity index (χ2n) is 25.8. The number of esters is 4. The minimum Gasteiger partial charge on any atom is -0.428 e. The van der Waals surface area contributed by atoms with Crippen molar-refractivity contribution in [2.75, 3.05) is 109 Å². The molecule has 0 atom stereocenters. The summed E-state index contributed by atoms with van der Waals surface area (Å²) < 4.78 is 19.7. The molecule has 0 bridgehead atoms. The molecule has 0 aliphatic carbocycles. The molecular weight excluding hydrogens is 1240 g/mol. The van der Waals surface area contributed by atoms with Crippen LogP contribution in [0.15, 0.2) is 96.2 Å². The molecule has 6 aliphatic rings. The Labute approximate surface area is 566 Å². The van der Waals surface area contributed by atoms with Crippen LogP contribution in [0.4, 0.5) is 21.9 Å². The summed E-state index contributed by atoms with van der Waals surface area (Å²) >= 11 is 0. The van der Waals surface area contributed by atoms with E-state index in [1.165, 1.54) is 57.7 Å². The van der Waals surface area contributed by atoms with E-state index in [4.69, 9.17) is 18.9 Å². The van der Waals surface area contributed by atoms with E-state index < -0.39 is 60.7 Å². The normalized spacial score (nSPS) is 18.6. The summed E-state index contributed by atoms with van der Waals surface area (Å²) in [6, 6.07) is 17.4. The molecule has 6 heterocycles. The number of benzene rings is 3. The van der Waals surface area contributed by atoms with Gasteiger partial charge in [-0.1, -0.05) is 38.8 Å². The van der Waals surface area contributed by atoms with Crippen molar-refractivity contribution in [2.45, 2.75) is 142 Å². The molecule has 5 fully saturated rings. The first-order chi connectivity index (χ1) is 46.7. The summed E-state index contributed by atoms with van der Waals surface area (Å²) in [6.45, 7) is 14.4. The van der Waals surface area contributed by atoms with E-state index in [9.17, 15) is 52.7 Å². The number of rotatable bonds is 28. The number of likely N-dealkylation sites (tertiary alicyclic amines) is 4. The van der Waals surface area contributed by atoms with Gasteiger partial charge in [-0.25, -0.2) is 9.59 Å². The molecular formula is C72H92N10O15. The van der Waals surface area contributed by atoms with Gasteiger partial charge in [-0.15, -0.1) is 0 Å². The van der Waals surface area contributed by atoms with Gasteiger partial charge in [0, 0.05) is 125 Å². The molecule has 5 saturated heterocycles. The van der Waals surface area contributed by atoms with Crippen molar-refractivity contribution in [3.05, 3.63) is 124 Å². The van der Waals surface area contributed by atoms with Crippen LogP contribution in [0.1, 0.15) is 172 Å². The lowest BCUT2D eigenvalue weighted by Gasteiger charge is -2.37. The molecule has 3 N–H and O–H groups in total. The summed E-state index contributed by atoms with van der Waals surface area (Å²) in [7, 11) is 0. The average Bonchev–Trinajstić information content (AvgIpc) is 1.61. The number of ether oxygens (including phenoxy) is 4. The Balaban J connectivity index is 0.729. The molecule has 6 aliphatic heterocycles. The molecule has 0 unspecified atom stereocenters. The first kappa shape index (κ1) is 72.0.